The molecule has 7 heteroatoms. The summed E-state index contributed by atoms with van der Waals surface area (Å²) in [4.78, 5) is 24.5. The van der Waals surface area contributed by atoms with Crippen molar-refractivity contribution in [3.63, 3.8) is 0 Å². The van der Waals surface area contributed by atoms with Crippen LogP contribution in [0.5, 0.6) is 5.75 Å². The van der Waals surface area contributed by atoms with Crippen molar-refractivity contribution in [3.8, 4) is 11.8 Å². The lowest BCUT2D eigenvalue weighted by atomic mass is 10.1. The van der Waals surface area contributed by atoms with Gasteiger partial charge in [-0.3, -0.25) is 9.59 Å². The summed E-state index contributed by atoms with van der Waals surface area (Å²) < 4.78 is 6.23. The van der Waals surface area contributed by atoms with Crippen LogP contribution in [0.15, 0.2) is 82.8 Å². The number of para-hydroxylation sites is 1. The van der Waals surface area contributed by atoms with Crippen LogP contribution in [0.3, 0.4) is 0 Å². The number of benzene rings is 3. The fourth-order valence-electron chi connectivity index (χ4n) is 2.71. The lowest BCUT2D eigenvalue weighted by Crippen LogP contribution is -2.20. The van der Waals surface area contributed by atoms with Crippen molar-refractivity contribution in [1.82, 2.24) is 0 Å². The van der Waals surface area contributed by atoms with E-state index in [1.54, 1.807) is 42.5 Å². The summed E-state index contributed by atoms with van der Waals surface area (Å²) in [6.45, 7) is 1.84. The fourth-order valence-corrected chi connectivity index (χ4v) is 3.09. The van der Waals surface area contributed by atoms with Gasteiger partial charge in [-0.15, -0.1) is 0 Å². The fraction of sp³-hybridized carbons (Fsp3) is 0.0800. The highest BCUT2D eigenvalue weighted by Crippen LogP contribution is 2.22. The number of hydrogen-bond donors (Lipinski definition) is 2. The molecule has 3 aromatic carbocycles. The highest BCUT2D eigenvalue weighted by atomic mass is 79.9. The topological polar surface area (TPSA) is 91.2 Å². The van der Waals surface area contributed by atoms with Crippen LogP contribution in [0, 0.1) is 18.3 Å². The molecule has 0 unspecified atom stereocenters. The van der Waals surface area contributed by atoms with Gasteiger partial charge in [-0.05, 0) is 70.9 Å². The lowest BCUT2D eigenvalue weighted by Gasteiger charge is -2.08. The van der Waals surface area contributed by atoms with Crippen molar-refractivity contribution in [2.45, 2.75) is 6.92 Å². The zero-order chi connectivity index (χ0) is 22.9. The molecule has 0 aliphatic heterocycles. The minimum Gasteiger partial charge on any atom is -0.484 e. The Bertz CT molecular complexity index is 1180. The standard InChI is InChI=1S/C25H20BrN3O3/c1-17-6-10-20(11-7-17)28-24(30)16-32-21-12-8-18(9-13-21)14-19(15-27)25(31)29-23-5-3-2-4-22(23)26/h2-14H,16H2,1H3,(H,28,30)(H,29,31)/b19-14+. The van der Waals surface area contributed by atoms with Crippen LogP contribution < -0.4 is 15.4 Å². The molecule has 0 aromatic heterocycles. The molecular formula is C25H20BrN3O3. The Morgan fingerprint density at radius 2 is 1.69 bits per heavy atom. The van der Waals surface area contributed by atoms with Crippen molar-refractivity contribution < 1.29 is 14.3 Å². The Kier molecular flexibility index (Phi) is 7.79. The number of ether oxygens (including phenoxy) is 1. The van der Waals surface area contributed by atoms with Gasteiger partial charge in [0, 0.05) is 10.2 Å². The van der Waals surface area contributed by atoms with E-state index >= 15 is 0 Å². The molecule has 2 amide bonds. The van der Waals surface area contributed by atoms with Gasteiger partial charge in [-0.1, -0.05) is 42.0 Å². The first kappa shape index (κ1) is 22.8. The van der Waals surface area contributed by atoms with E-state index in [1.165, 1.54) is 6.08 Å². The van der Waals surface area contributed by atoms with Gasteiger partial charge in [-0.25, -0.2) is 0 Å². The number of nitriles is 1. The number of hydrogen-bond acceptors (Lipinski definition) is 4. The quantitative estimate of drug-likeness (QED) is 0.347. The van der Waals surface area contributed by atoms with Crippen molar-refractivity contribution in [2.75, 3.05) is 17.2 Å². The molecule has 0 aliphatic rings. The molecule has 0 atom stereocenters. The third kappa shape index (κ3) is 6.56. The normalized spacial score (nSPS) is 10.7. The zero-order valence-electron chi connectivity index (χ0n) is 17.3. The first-order valence-electron chi connectivity index (χ1n) is 9.71. The Balaban J connectivity index is 1.57. The van der Waals surface area contributed by atoms with Crippen LogP contribution in [0.2, 0.25) is 0 Å². The number of nitrogens with zero attached hydrogens (tertiary/aromatic N) is 1. The Hall–Kier alpha value is -3.89. The number of carbonyl (C=O) groups excluding carboxylic acids is 2. The van der Waals surface area contributed by atoms with E-state index in [2.05, 4.69) is 26.6 Å². The molecule has 160 valence electrons. The van der Waals surface area contributed by atoms with E-state index in [9.17, 15) is 14.9 Å². The second kappa shape index (κ2) is 10.9. The maximum absolute atomic E-state index is 12.4. The van der Waals surface area contributed by atoms with Gasteiger partial charge in [0.05, 0.1) is 5.69 Å². The molecule has 0 bridgehead atoms. The summed E-state index contributed by atoms with van der Waals surface area (Å²) in [5.74, 6) is -0.279. The first-order chi connectivity index (χ1) is 15.4. The predicted molar refractivity (Wildman–Crippen MR) is 128 cm³/mol. The van der Waals surface area contributed by atoms with Gasteiger partial charge < -0.3 is 15.4 Å². The molecule has 3 rings (SSSR count). The Morgan fingerprint density at radius 1 is 1.00 bits per heavy atom. The number of carbonyl (C=O) groups is 2. The highest BCUT2D eigenvalue weighted by molar-refractivity contribution is 9.10. The highest BCUT2D eigenvalue weighted by Gasteiger charge is 2.11. The van der Waals surface area contributed by atoms with E-state index in [-0.39, 0.29) is 18.1 Å². The van der Waals surface area contributed by atoms with Crippen LogP contribution in [0.25, 0.3) is 6.08 Å². The second-order valence-corrected chi connectivity index (χ2v) is 7.73. The number of halogens is 1. The molecule has 0 aliphatic carbocycles. The van der Waals surface area contributed by atoms with Gasteiger partial charge in [-0.2, -0.15) is 5.26 Å². The van der Waals surface area contributed by atoms with Gasteiger partial charge in [0.15, 0.2) is 6.61 Å². The molecule has 2 N–H and O–H groups in total. The number of rotatable bonds is 7. The molecule has 0 fully saturated rings. The van der Waals surface area contributed by atoms with E-state index in [0.29, 0.717) is 22.7 Å². The predicted octanol–water partition coefficient (Wildman–Crippen LogP) is 5.32. The Morgan fingerprint density at radius 3 is 2.34 bits per heavy atom. The van der Waals surface area contributed by atoms with Crippen LogP contribution in [-0.2, 0) is 9.59 Å². The smallest absolute Gasteiger partial charge is 0.266 e. The average Bonchev–Trinajstić information content (AvgIpc) is 2.80. The van der Waals surface area contributed by atoms with E-state index in [0.717, 1.165) is 10.0 Å². The minimum absolute atomic E-state index is 0.0353. The molecule has 32 heavy (non-hydrogen) atoms. The second-order valence-electron chi connectivity index (χ2n) is 6.88. The molecule has 3 aromatic rings. The van der Waals surface area contributed by atoms with Crippen LogP contribution in [0.1, 0.15) is 11.1 Å². The summed E-state index contributed by atoms with van der Waals surface area (Å²) in [5, 5.41) is 14.8. The average molecular weight is 490 g/mol. The molecule has 0 radical (unpaired) electrons. The molecule has 0 saturated heterocycles. The van der Waals surface area contributed by atoms with Crippen LogP contribution >= 0.6 is 15.9 Å². The number of amides is 2. The molecule has 0 spiro atoms. The molecule has 6 nitrogen and oxygen atoms in total. The summed E-state index contributed by atoms with van der Waals surface area (Å²) in [6.07, 6.45) is 1.49. The first-order valence-corrected chi connectivity index (χ1v) is 10.5. The van der Waals surface area contributed by atoms with Crippen molar-refractivity contribution in [3.05, 3.63) is 94.0 Å². The zero-order valence-corrected chi connectivity index (χ0v) is 18.8. The van der Waals surface area contributed by atoms with Gasteiger partial charge in [0.1, 0.15) is 17.4 Å². The Labute approximate surface area is 194 Å². The summed E-state index contributed by atoms with van der Waals surface area (Å²) >= 11 is 3.36. The molecule has 0 heterocycles. The monoisotopic (exact) mass is 489 g/mol. The van der Waals surface area contributed by atoms with E-state index in [4.69, 9.17) is 4.74 Å². The minimum atomic E-state index is -0.507. The summed E-state index contributed by atoms with van der Waals surface area (Å²) in [5.41, 5.74) is 3.01. The van der Waals surface area contributed by atoms with Gasteiger partial charge in [0.2, 0.25) is 0 Å². The largest absolute Gasteiger partial charge is 0.484 e. The van der Waals surface area contributed by atoms with Crippen LogP contribution in [-0.4, -0.2) is 18.4 Å². The molecule has 0 saturated carbocycles. The third-order valence-electron chi connectivity index (χ3n) is 4.38. The maximum Gasteiger partial charge on any atom is 0.266 e. The van der Waals surface area contributed by atoms with Crippen LogP contribution in [0.4, 0.5) is 11.4 Å². The lowest BCUT2D eigenvalue weighted by molar-refractivity contribution is -0.118. The summed E-state index contributed by atoms with van der Waals surface area (Å²) in [6, 6.07) is 23.3. The SMILES string of the molecule is Cc1ccc(NC(=O)COc2ccc(/C=C(\C#N)C(=O)Nc3ccccc3Br)cc2)cc1. The van der Waals surface area contributed by atoms with E-state index in [1.807, 2.05) is 43.3 Å². The van der Waals surface area contributed by atoms with Gasteiger partial charge >= 0.3 is 0 Å². The number of aryl methyl sites for hydroxylation is 1. The summed E-state index contributed by atoms with van der Waals surface area (Å²) in [7, 11) is 0. The van der Waals surface area contributed by atoms with Crippen molar-refractivity contribution >= 4 is 45.2 Å². The number of nitrogens with one attached hydrogen (secondary N) is 2. The maximum atomic E-state index is 12.4. The number of anilines is 2. The molecular weight excluding hydrogens is 470 g/mol. The van der Waals surface area contributed by atoms with Gasteiger partial charge in [0.25, 0.3) is 11.8 Å². The van der Waals surface area contributed by atoms with Crippen molar-refractivity contribution in [1.29, 1.82) is 5.26 Å². The van der Waals surface area contributed by atoms with Crippen molar-refractivity contribution in [2.24, 2.45) is 0 Å². The van der Waals surface area contributed by atoms with E-state index < -0.39 is 5.91 Å². The third-order valence-corrected chi connectivity index (χ3v) is 5.07.